The molecular weight excluding hydrogens is 190 g/mol. The normalized spacial score (nSPS) is 13.0. The summed E-state index contributed by atoms with van der Waals surface area (Å²) in [5.41, 5.74) is 0.878. The van der Waals surface area contributed by atoms with Gasteiger partial charge in [-0.05, 0) is 6.07 Å². The predicted molar refractivity (Wildman–Crippen MR) is 49.7 cm³/mol. The molecule has 13 heavy (non-hydrogen) atoms. The van der Waals surface area contributed by atoms with Gasteiger partial charge in [0.1, 0.15) is 0 Å². The Morgan fingerprint density at radius 3 is 2.85 bits per heavy atom. The molecule has 0 aliphatic carbocycles. The third-order valence-electron chi connectivity index (χ3n) is 1.67. The highest BCUT2D eigenvalue weighted by Gasteiger charge is 2.02. The summed E-state index contributed by atoms with van der Waals surface area (Å²) < 4.78 is 23.3. The second-order valence-electron chi connectivity index (χ2n) is 2.52. The minimum absolute atomic E-state index is 0.294. The van der Waals surface area contributed by atoms with Crippen molar-refractivity contribution in [1.82, 2.24) is 4.98 Å². The number of aromatic nitrogens is 1. The Kier molecular flexibility index (Phi) is 2.03. The average Bonchev–Trinajstić information content (AvgIpc) is 2.44. The van der Waals surface area contributed by atoms with Crippen LogP contribution in [0.2, 0.25) is 0 Å². The second-order valence-corrected chi connectivity index (χ2v) is 3.12. The summed E-state index contributed by atoms with van der Waals surface area (Å²) in [4.78, 5) is 2.85. The first-order chi connectivity index (χ1) is 6.25. The topological polar surface area (TPSA) is 62.3 Å². The van der Waals surface area contributed by atoms with E-state index in [0.29, 0.717) is 5.88 Å². The van der Waals surface area contributed by atoms with Gasteiger partial charge in [0.05, 0.1) is 0 Å². The van der Waals surface area contributed by atoms with Crippen LogP contribution in [-0.4, -0.2) is 13.7 Å². The van der Waals surface area contributed by atoms with Crippen molar-refractivity contribution in [1.29, 1.82) is 0 Å². The van der Waals surface area contributed by atoms with Gasteiger partial charge in [-0.2, -0.15) is 4.21 Å². The number of fused-ring (bicyclic) bond motifs is 1. The number of benzene rings is 1. The summed E-state index contributed by atoms with van der Waals surface area (Å²) in [5.74, 6) is 0.294. The van der Waals surface area contributed by atoms with E-state index in [0.717, 1.165) is 10.9 Å². The average molecular weight is 197 g/mol. The molecule has 0 radical (unpaired) electrons. The minimum atomic E-state index is -2.27. The highest BCUT2D eigenvalue weighted by Crippen LogP contribution is 2.19. The maximum atomic E-state index is 10.3. The molecule has 1 heterocycles. The zero-order valence-corrected chi connectivity index (χ0v) is 7.38. The maximum Gasteiger partial charge on any atom is 0.358 e. The molecule has 2 N–H and O–H groups in total. The van der Waals surface area contributed by atoms with E-state index in [-0.39, 0.29) is 0 Å². The number of nitrogens with one attached hydrogen (secondary N) is 1. The quantitative estimate of drug-likeness (QED) is 0.720. The van der Waals surface area contributed by atoms with Crippen LogP contribution in [0, 0.1) is 0 Å². The van der Waals surface area contributed by atoms with Crippen molar-refractivity contribution in [2.75, 3.05) is 0 Å². The van der Waals surface area contributed by atoms with Gasteiger partial charge in [0.2, 0.25) is 5.88 Å². The van der Waals surface area contributed by atoms with Gasteiger partial charge in [-0.25, -0.2) is 0 Å². The van der Waals surface area contributed by atoms with Crippen molar-refractivity contribution in [2.45, 2.75) is 0 Å². The third kappa shape index (κ3) is 1.71. The third-order valence-corrected chi connectivity index (χ3v) is 1.99. The number of hydrogen-bond donors (Lipinski definition) is 2. The molecule has 4 nitrogen and oxygen atoms in total. The van der Waals surface area contributed by atoms with E-state index < -0.39 is 11.4 Å². The van der Waals surface area contributed by atoms with Crippen LogP contribution in [0.4, 0.5) is 0 Å². The Labute approximate surface area is 77.0 Å². The monoisotopic (exact) mass is 197 g/mol. The fourth-order valence-corrected chi connectivity index (χ4v) is 1.41. The van der Waals surface area contributed by atoms with E-state index in [1.807, 2.05) is 24.3 Å². The van der Waals surface area contributed by atoms with Crippen LogP contribution in [0.25, 0.3) is 10.9 Å². The van der Waals surface area contributed by atoms with Gasteiger partial charge >= 0.3 is 11.4 Å². The Bertz CT molecular complexity index is 418. The zero-order valence-electron chi connectivity index (χ0n) is 6.56. The van der Waals surface area contributed by atoms with E-state index in [1.54, 1.807) is 6.07 Å². The molecule has 68 valence electrons. The number of para-hydroxylation sites is 1. The van der Waals surface area contributed by atoms with Crippen LogP contribution in [-0.2, 0) is 11.4 Å². The highest BCUT2D eigenvalue weighted by molar-refractivity contribution is 7.74. The van der Waals surface area contributed by atoms with E-state index in [2.05, 4.69) is 9.17 Å². The molecule has 1 atom stereocenters. The first kappa shape index (κ1) is 8.28. The molecule has 0 bridgehead atoms. The molecule has 0 spiro atoms. The van der Waals surface area contributed by atoms with Crippen molar-refractivity contribution in [2.24, 2.45) is 0 Å². The summed E-state index contributed by atoms with van der Waals surface area (Å²) in [7, 11) is 0. The van der Waals surface area contributed by atoms with Crippen LogP contribution >= 0.6 is 0 Å². The lowest BCUT2D eigenvalue weighted by molar-refractivity contribution is 0.451. The second kappa shape index (κ2) is 3.20. The molecule has 0 amide bonds. The Morgan fingerprint density at radius 1 is 1.38 bits per heavy atom. The Balaban J connectivity index is 2.44. The molecule has 0 saturated carbocycles. The molecule has 0 saturated heterocycles. The van der Waals surface area contributed by atoms with E-state index >= 15 is 0 Å². The standard InChI is InChI=1S/C8H7NO3S/c10-13(11)12-8-5-6-3-1-2-4-7(6)9-8/h1-5,9H,(H,10,11). The fourth-order valence-electron chi connectivity index (χ4n) is 1.17. The molecule has 0 fully saturated rings. The van der Waals surface area contributed by atoms with Crippen LogP contribution in [0.15, 0.2) is 30.3 Å². The zero-order chi connectivity index (χ0) is 9.26. The smallest absolute Gasteiger partial charge is 0.358 e. The van der Waals surface area contributed by atoms with Gasteiger partial charge in [0.25, 0.3) is 0 Å². The highest BCUT2D eigenvalue weighted by atomic mass is 32.2. The lowest BCUT2D eigenvalue weighted by atomic mass is 10.3. The summed E-state index contributed by atoms with van der Waals surface area (Å²) in [6.45, 7) is 0. The van der Waals surface area contributed by atoms with Crippen molar-refractivity contribution >= 4 is 22.3 Å². The number of hydrogen-bond acceptors (Lipinski definition) is 2. The van der Waals surface area contributed by atoms with Crippen molar-refractivity contribution in [3.8, 4) is 5.88 Å². The van der Waals surface area contributed by atoms with Gasteiger partial charge in [-0.15, -0.1) is 0 Å². The van der Waals surface area contributed by atoms with Crippen molar-refractivity contribution < 1.29 is 12.9 Å². The Hall–Kier alpha value is -1.33. The number of rotatable bonds is 2. The molecule has 2 rings (SSSR count). The molecule has 1 unspecified atom stereocenters. The molecular formula is C8H7NO3S. The first-order valence-electron chi connectivity index (χ1n) is 3.62. The van der Waals surface area contributed by atoms with Gasteiger partial charge < -0.3 is 9.17 Å². The van der Waals surface area contributed by atoms with Gasteiger partial charge in [0, 0.05) is 17.0 Å². The summed E-state index contributed by atoms with van der Waals surface area (Å²) in [6, 6.07) is 9.18. The molecule has 2 aromatic rings. The molecule has 5 heteroatoms. The summed E-state index contributed by atoms with van der Waals surface area (Å²) in [6.07, 6.45) is 0. The lowest BCUT2D eigenvalue weighted by Gasteiger charge is -1.92. The predicted octanol–water partition coefficient (Wildman–Crippen LogP) is 1.68. The minimum Gasteiger partial charge on any atom is -0.361 e. The van der Waals surface area contributed by atoms with Gasteiger partial charge in [-0.1, -0.05) is 18.2 Å². The molecule has 1 aromatic carbocycles. The van der Waals surface area contributed by atoms with Gasteiger partial charge in [0.15, 0.2) is 0 Å². The molecule has 0 aliphatic heterocycles. The Morgan fingerprint density at radius 2 is 2.15 bits per heavy atom. The number of H-pyrrole nitrogens is 1. The van der Waals surface area contributed by atoms with E-state index in [9.17, 15) is 4.21 Å². The van der Waals surface area contributed by atoms with Gasteiger partial charge in [-0.3, -0.25) is 4.55 Å². The summed E-state index contributed by atoms with van der Waals surface area (Å²) >= 11 is -2.27. The number of aromatic amines is 1. The largest absolute Gasteiger partial charge is 0.361 e. The van der Waals surface area contributed by atoms with E-state index in [4.69, 9.17) is 4.55 Å². The van der Waals surface area contributed by atoms with Crippen molar-refractivity contribution in [3.05, 3.63) is 30.3 Å². The first-order valence-corrected chi connectivity index (χ1v) is 4.66. The van der Waals surface area contributed by atoms with Crippen molar-refractivity contribution in [3.63, 3.8) is 0 Å². The maximum absolute atomic E-state index is 10.3. The SMILES string of the molecule is O=S(O)Oc1cc2ccccc2[nH]1. The van der Waals surface area contributed by atoms with Crippen LogP contribution < -0.4 is 4.18 Å². The lowest BCUT2D eigenvalue weighted by Crippen LogP contribution is -1.96. The van der Waals surface area contributed by atoms with Crippen LogP contribution in [0.1, 0.15) is 0 Å². The molecule has 1 aromatic heterocycles. The fraction of sp³-hybridized carbons (Fsp3) is 0. The molecule has 0 aliphatic rings. The van der Waals surface area contributed by atoms with Crippen LogP contribution in [0.5, 0.6) is 5.88 Å². The summed E-state index contributed by atoms with van der Waals surface area (Å²) in [5, 5.41) is 0.947. The van der Waals surface area contributed by atoms with E-state index in [1.165, 1.54) is 0 Å². The van der Waals surface area contributed by atoms with Crippen LogP contribution in [0.3, 0.4) is 0 Å².